The van der Waals surface area contributed by atoms with Crippen LogP contribution in [0.2, 0.25) is 0 Å². The van der Waals surface area contributed by atoms with E-state index in [4.69, 9.17) is 32.0 Å². The number of nitrogens with one attached hydrogen (secondary N) is 1. The third kappa shape index (κ3) is 3.68. The summed E-state index contributed by atoms with van der Waals surface area (Å²) in [4.78, 5) is 30.8. The van der Waals surface area contributed by atoms with Gasteiger partial charge in [-0.05, 0) is 12.2 Å². The average molecular weight is 349 g/mol. The van der Waals surface area contributed by atoms with E-state index in [2.05, 4.69) is 9.51 Å². The Kier molecular flexibility index (Phi) is 4.93. The maximum Gasteiger partial charge on any atom is 0.469 e. The Balaban J connectivity index is 2.25. The molecule has 10 nitrogen and oxygen atoms in total. The van der Waals surface area contributed by atoms with Crippen molar-refractivity contribution in [2.75, 3.05) is 6.61 Å². The number of aliphatic hydroxyl groups is 1. The molecule has 2 heterocycles. The van der Waals surface area contributed by atoms with Crippen molar-refractivity contribution in [2.45, 2.75) is 18.4 Å². The molecule has 4 unspecified atom stereocenters. The van der Waals surface area contributed by atoms with E-state index >= 15 is 0 Å². The van der Waals surface area contributed by atoms with Gasteiger partial charge in [0.25, 0.3) is 5.56 Å². The summed E-state index contributed by atoms with van der Waals surface area (Å²) in [6, 6.07) is 3.01. The lowest BCUT2D eigenvalue weighted by atomic mass is 10.0. The molecule has 1 fully saturated rings. The van der Waals surface area contributed by atoms with Gasteiger partial charge < -0.3 is 19.6 Å². The van der Waals surface area contributed by atoms with Crippen LogP contribution in [0.3, 0.4) is 0 Å². The molecule has 2 rings (SSSR count). The van der Waals surface area contributed by atoms with Crippen molar-refractivity contribution in [3.8, 4) is 6.07 Å². The summed E-state index contributed by atoms with van der Waals surface area (Å²) >= 11 is 4.96. The van der Waals surface area contributed by atoms with Gasteiger partial charge in [0.1, 0.15) is 18.1 Å². The van der Waals surface area contributed by atoms with Crippen LogP contribution < -0.4 is 5.56 Å². The van der Waals surface area contributed by atoms with Crippen LogP contribution in [0.25, 0.3) is 0 Å². The molecule has 0 bridgehead atoms. The molecule has 1 saturated heterocycles. The van der Waals surface area contributed by atoms with Gasteiger partial charge in [0.05, 0.1) is 12.7 Å². The molecule has 0 aromatic carbocycles. The number of H-pyrrole nitrogens is 1. The number of aliphatic hydroxyl groups excluding tert-OH is 1. The molecule has 1 aliphatic heterocycles. The first-order valence-corrected chi connectivity index (χ1v) is 7.91. The highest BCUT2D eigenvalue weighted by molar-refractivity contribution is 7.71. The molecule has 1 aromatic heterocycles. The summed E-state index contributed by atoms with van der Waals surface area (Å²) in [7, 11) is -4.73. The predicted octanol–water partition coefficient (Wildman–Crippen LogP) is -0.587. The minimum absolute atomic E-state index is 0.0125. The van der Waals surface area contributed by atoms with Crippen LogP contribution in [0.15, 0.2) is 17.1 Å². The van der Waals surface area contributed by atoms with E-state index in [1.54, 1.807) is 0 Å². The van der Waals surface area contributed by atoms with E-state index in [9.17, 15) is 14.5 Å². The van der Waals surface area contributed by atoms with Gasteiger partial charge in [-0.3, -0.25) is 18.9 Å². The highest BCUT2D eigenvalue weighted by atomic mass is 32.1. The second-order valence-corrected chi connectivity index (χ2v) is 6.14. The molecule has 4 N–H and O–H groups in total. The molecule has 0 aliphatic carbocycles. The van der Waals surface area contributed by atoms with Crippen molar-refractivity contribution in [3.05, 3.63) is 27.4 Å². The third-order valence-corrected chi connectivity index (χ3v) is 3.85. The minimum atomic E-state index is -4.73. The number of hydrogen-bond acceptors (Lipinski definition) is 7. The molecule has 4 atom stereocenters. The lowest BCUT2D eigenvalue weighted by Crippen LogP contribution is -2.29. The van der Waals surface area contributed by atoms with Crippen molar-refractivity contribution in [2.24, 2.45) is 5.92 Å². The lowest BCUT2D eigenvalue weighted by Gasteiger charge is -2.17. The van der Waals surface area contributed by atoms with Gasteiger partial charge in [0.15, 0.2) is 11.0 Å². The Bertz CT molecular complexity index is 750. The summed E-state index contributed by atoms with van der Waals surface area (Å²) < 4.78 is 21.7. The number of phosphoric acid groups is 1. The molecular formula is C10H12N3O7PS. The van der Waals surface area contributed by atoms with Gasteiger partial charge >= 0.3 is 7.82 Å². The highest BCUT2D eigenvalue weighted by Gasteiger charge is 2.45. The summed E-state index contributed by atoms with van der Waals surface area (Å²) in [5.41, 5.74) is -0.435. The number of aromatic nitrogens is 2. The van der Waals surface area contributed by atoms with Gasteiger partial charge in [-0.15, -0.1) is 0 Å². The Labute approximate surface area is 128 Å². The van der Waals surface area contributed by atoms with E-state index in [0.29, 0.717) is 0 Å². The quantitative estimate of drug-likeness (QED) is 0.412. The first-order valence-electron chi connectivity index (χ1n) is 5.97. The number of nitriles is 1. The second-order valence-electron chi connectivity index (χ2n) is 4.51. The molecule has 0 radical (unpaired) electrons. The van der Waals surface area contributed by atoms with Gasteiger partial charge in [-0.1, -0.05) is 0 Å². The fraction of sp³-hybridized carbons (Fsp3) is 0.500. The molecular weight excluding hydrogens is 337 g/mol. The first-order chi connectivity index (χ1) is 10.2. The van der Waals surface area contributed by atoms with Crippen molar-refractivity contribution in [1.29, 1.82) is 5.26 Å². The van der Waals surface area contributed by atoms with E-state index in [1.165, 1.54) is 16.8 Å². The Morgan fingerprint density at radius 3 is 2.82 bits per heavy atom. The minimum Gasteiger partial charge on any atom is -0.389 e. The molecule has 22 heavy (non-hydrogen) atoms. The number of ether oxygens (including phenoxy) is 1. The lowest BCUT2D eigenvalue weighted by molar-refractivity contribution is -0.0455. The van der Waals surface area contributed by atoms with Gasteiger partial charge in [0.2, 0.25) is 0 Å². The van der Waals surface area contributed by atoms with Crippen LogP contribution in [0, 0.1) is 22.0 Å². The van der Waals surface area contributed by atoms with Crippen molar-refractivity contribution in [1.82, 2.24) is 9.55 Å². The van der Waals surface area contributed by atoms with Crippen molar-refractivity contribution >= 4 is 20.0 Å². The van der Waals surface area contributed by atoms with E-state index < -0.39 is 44.3 Å². The molecule has 0 saturated carbocycles. The van der Waals surface area contributed by atoms with Crippen LogP contribution in [0.5, 0.6) is 0 Å². The van der Waals surface area contributed by atoms with Crippen LogP contribution in [0.1, 0.15) is 6.23 Å². The normalized spacial score (nSPS) is 28.5. The van der Waals surface area contributed by atoms with Crippen LogP contribution in [-0.2, 0) is 13.8 Å². The van der Waals surface area contributed by atoms with Crippen LogP contribution in [-0.4, -0.2) is 43.3 Å². The summed E-state index contributed by atoms with van der Waals surface area (Å²) in [5.74, 6) is -1.05. The fourth-order valence-electron chi connectivity index (χ4n) is 2.06. The van der Waals surface area contributed by atoms with E-state index in [0.717, 1.165) is 0 Å². The van der Waals surface area contributed by atoms with Crippen LogP contribution >= 0.6 is 20.0 Å². The van der Waals surface area contributed by atoms with Crippen molar-refractivity contribution in [3.63, 3.8) is 0 Å². The SMILES string of the molecule is N#CC1C(O)C(COP(=O)(O)O)OC1n1ccc(=O)[nH]c1=S. The number of aromatic amines is 1. The maximum absolute atomic E-state index is 11.2. The van der Waals surface area contributed by atoms with Gasteiger partial charge in [-0.25, -0.2) is 4.57 Å². The van der Waals surface area contributed by atoms with Crippen molar-refractivity contribution < 1.29 is 28.7 Å². The first kappa shape index (κ1) is 17.0. The zero-order valence-electron chi connectivity index (χ0n) is 10.9. The second kappa shape index (κ2) is 6.39. The molecule has 0 amide bonds. The number of nitrogens with zero attached hydrogens (tertiary/aromatic N) is 2. The molecule has 1 aliphatic rings. The zero-order chi connectivity index (χ0) is 16.5. The maximum atomic E-state index is 11.2. The molecule has 120 valence electrons. The van der Waals surface area contributed by atoms with E-state index in [1.807, 2.05) is 6.07 Å². The Morgan fingerprint density at radius 1 is 1.59 bits per heavy atom. The molecule has 0 spiro atoms. The summed E-state index contributed by atoms with van der Waals surface area (Å²) in [5, 5.41) is 19.2. The smallest absolute Gasteiger partial charge is 0.389 e. The predicted molar refractivity (Wildman–Crippen MR) is 72.9 cm³/mol. The largest absolute Gasteiger partial charge is 0.469 e. The third-order valence-electron chi connectivity index (χ3n) is 3.05. The van der Waals surface area contributed by atoms with Crippen LogP contribution in [0.4, 0.5) is 0 Å². The Hall–Kier alpha value is -1.38. The zero-order valence-corrected chi connectivity index (χ0v) is 12.6. The topological polar surface area (TPSA) is 158 Å². The Morgan fingerprint density at radius 2 is 2.27 bits per heavy atom. The highest BCUT2D eigenvalue weighted by Crippen LogP contribution is 2.39. The molecule has 12 heteroatoms. The standard InChI is InChI=1S/C10H12N3O7PS/c11-3-5-8(15)6(4-19-21(16,17)18)20-9(5)13-2-1-7(14)12-10(13)22/h1-2,5-6,8-9,15H,4H2,(H,12,14,22)(H2,16,17,18). The fourth-order valence-corrected chi connectivity index (χ4v) is 2.67. The average Bonchev–Trinajstić information content (AvgIpc) is 2.72. The van der Waals surface area contributed by atoms with E-state index in [-0.39, 0.29) is 4.77 Å². The summed E-state index contributed by atoms with van der Waals surface area (Å²) in [6.07, 6.45) is -2.18. The number of phosphoric ester groups is 1. The van der Waals surface area contributed by atoms with Gasteiger partial charge in [0, 0.05) is 12.3 Å². The van der Waals surface area contributed by atoms with Gasteiger partial charge in [-0.2, -0.15) is 5.26 Å². The number of rotatable bonds is 4. The summed E-state index contributed by atoms with van der Waals surface area (Å²) in [6.45, 7) is -0.600. The number of hydrogen-bond donors (Lipinski definition) is 4. The molecule has 1 aromatic rings. The monoisotopic (exact) mass is 349 g/mol.